The smallest absolute Gasteiger partial charge is 0.302 e. The van der Waals surface area contributed by atoms with Crippen LogP contribution in [-0.4, -0.2) is 23.3 Å². The number of ether oxygens (including phenoxy) is 2. The van der Waals surface area contributed by atoms with Gasteiger partial charge in [-0.3, -0.25) is 4.79 Å². The van der Waals surface area contributed by atoms with E-state index in [9.17, 15) is 4.79 Å². The van der Waals surface area contributed by atoms with Gasteiger partial charge in [-0.05, 0) is 64.2 Å². The summed E-state index contributed by atoms with van der Waals surface area (Å²) in [5.41, 5.74) is -0.177. The van der Waals surface area contributed by atoms with Gasteiger partial charge >= 0.3 is 5.97 Å². The summed E-state index contributed by atoms with van der Waals surface area (Å²) in [5, 5.41) is 0. The molecule has 2 saturated carbocycles. The van der Waals surface area contributed by atoms with Crippen LogP contribution in [0.15, 0.2) is 0 Å². The number of esters is 1. The van der Waals surface area contributed by atoms with E-state index in [1.54, 1.807) is 0 Å². The van der Waals surface area contributed by atoms with Crippen molar-refractivity contribution in [1.29, 1.82) is 0 Å². The Kier molecular flexibility index (Phi) is 3.20. The molecule has 0 aromatic carbocycles. The van der Waals surface area contributed by atoms with Crippen LogP contribution in [0, 0.1) is 23.7 Å². The summed E-state index contributed by atoms with van der Waals surface area (Å²) in [6.07, 6.45) is 4.63. The monoisotopic (exact) mass is 280 g/mol. The van der Waals surface area contributed by atoms with Gasteiger partial charge in [0.2, 0.25) is 0 Å². The second kappa shape index (κ2) is 4.46. The van der Waals surface area contributed by atoms with Gasteiger partial charge in [0.1, 0.15) is 6.10 Å². The molecule has 0 N–H and O–H groups in total. The van der Waals surface area contributed by atoms with Crippen LogP contribution < -0.4 is 0 Å². The maximum absolute atomic E-state index is 11.4. The Morgan fingerprint density at radius 2 is 1.95 bits per heavy atom. The molecule has 0 amide bonds. The number of fused-ring (bicyclic) bond motifs is 2. The van der Waals surface area contributed by atoms with E-state index in [1.165, 1.54) is 19.8 Å². The molecule has 2 aliphatic heterocycles. The average molecular weight is 280 g/mol. The van der Waals surface area contributed by atoms with E-state index in [1.807, 2.05) is 0 Å². The highest BCUT2D eigenvalue weighted by Crippen LogP contribution is 2.58. The summed E-state index contributed by atoms with van der Waals surface area (Å²) in [6.45, 7) is 10.6. The highest BCUT2D eigenvalue weighted by Gasteiger charge is 2.60. The second-order valence-corrected chi connectivity index (χ2v) is 8.04. The molecule has 2 aliphatic carbocycles. The Morgan fingerprint density at radius 1 is 1.25 bits per heavy atom. The molecule has 3 nitrogen and oxygen atoms in total. The summed E-state index contributed by atoms with van der Waals surface area (Å²) in [7, 11) is 0. The Bertz CT molecular complexity index is 416. The molecule has 2 bridgehead atoms. The van der Waals surface area contributed by atoms with Gasteiger partial charge in [-0.2, -0.15) is 0 Å². The average Bonchev–Trinajstić information content (AvgIpc) is 2.46. The number of carbonyl (C=O) groups is 1. The lowest BCUT2D eigenvalue weighted by molar-refractivity contribution is -0.213. The predicted molar refractivity (Wildman–Crippen MR) is 77.2 cm³/mol. The number of rotatable bonds is 1. The normalized spacial score (nSPS) is 49.5. The standard InChI is InChI=1S/C17H28O3/c1-10-8-14(19-11(2)18)15-13(10)9-12-6-7-17(15,5)20-16(12,3)4/h10,12-15H,6-9H2,1-5H3/t10?,12-,13-,14-,15?,17+/m1/s1. The molecule has 0 aromatic heterocycles. The molecular weight excluding hydrogens is 252 g/mol. The van der Waals surface area contributed by atoms with E-state index >= 15 is 0 Å². The maximum atomic E-state index is 11.4. The van der Waals surface area contributed by atoms with Gasteiger partial charge in [0.15, 0.2) is 0 Å². The molecule has 0 spiro atoms. The van der Waals surface area contributed by atoms with Crippen LogP contribution >= 0.6 is 0 Å². The molecule has 0 aromatic rings. The quantitative estimate of drug-likeness (QED) is 0.689. The van der Waals surface area contributed by atoms with Crippen molar-refractivity contribution in [3.63, 3.8) is 0 Å². The van der Waals surface area contributed by atoms with Crippen molar-refractivity contribution in [3.05, 3.63) is 0 Å². The van der Waals surface area contributed by atoms with Crippen LogP contribution in [0.5, 0.6) is 0 Å². The lowest BCUT2D eigenvalue weighted by Gasteiger charge is -2.48. The van der Waals surface area contributed by atoms with Crippen molar-refractivity contribution < 1.29 is 14.3 Å². The third kappa shape index (κ3) is 2.09. The highest BCUT2D eigenvalue weighted by atomic mass is 16.6. The zero-order valence-electron chi connectivity index (χ0n) is 13.4. The maximum Gasteiger partial charge on any atom is 0.302 e. The van der Waals surface area contributed by atoms with Crippen LogP contribution in [0.1, 0.15) is 60.3 Å². The number of hydrogen-bond donors (Lipinski definition) is 0. The van der Waals surface area contributed by atoms with Gasteiger partial charge in [-0.1, -0.05) is 6.92 Å². The number of hydrogen-bond acceptors (Lipinski definition) is 3. The first-order valence-corrected chi connectivity index (χ1v) is 8.10. The van der Waals surface area contributed by atoms with Gasteiger partial charge in [-0.25, -0.2) is 0 Å². The second-order valence-electron chi connectivity index (χ2n) is 8.04. The Morgan fingerprint density at radius 3 is 2.55 bits per heavy atom. The van der Waals surface area contributed by atoms with Crippen molar-refractivity contribution in [2.45, 2.75) is 77.6 Å². The van der Waals surface area contributed by atoms with Gasteiger partial charge in [-0.15, -0.1) is 0 Å². The summed E-state index contributed by atoms with van der Waals surface area (Å²) in [5.74, 6) is 2.13. The summed E-state index contributed by atoms with van der Waals surface area (Å²) < 4.78 is 12.2. The minimum Gasteiger partial charge on any atom is -0.462 e. The van der Waals surface area contributed by atoms with Gasteiger partial charge in [0.25, 0.3) is 0 Å². The lowest BCUT2D eigenvalue weighted by Crippen LogP contribution is -2.52. The van der Waals surface area contributed by atoms with E-state index in [2.05, 4.69) is 27.7 Å². The first-order valence-electron chi connectivity index (χ1n) is 8.10. The van der Waals surface area contributed by atoms with E-state index in [0.29, 0.717) is 23.7 Å². The van der Waals surface area contributed by atoms with Crippen LogP contribution in [-0.2, 0) is 14.3 Å². The van der Waals surface area contributed by atoms with Crippen molar-refractivity contribution in [2.24, 2.45) is 23.7 Å². The minimum atomic E-state index is -0.149. The number of carbonyl (C=O) groups excluding carboxylic acids is 1. The Balaban J connectivity index is 1.96. The zero-order valence-corrected chi connectivity index (χ0v) is 13.4. The fraction of sp³-hybridized carbons (Fsp3) is 0.941. The molecule has 6 atom stereocenters. The predicted octanol–water partition coefficient (Wildman–Crippen LogP) is 3.56. The van der Waals surface area contributed by atoms with E-state index in [-0.39, 0.29) is 23.3 Å². The molecule has 2 unspecified atom stereocenters. The molecule has 2 heterocycles. The van der Waals surface area contributed by atoms with Crippen LogP contribution in [0.3, 0.4) is 0 Å². The fourth-order valence-corrected chi connectivity index (χ4v) is 5.39. The molecule has 114 valence electrons. The molecule has 4 aliphatic rings. The molecular formula is C17H28O3. The topological polar surface area (TPSA) is 35.5 Å². The first-order chi connectivity index (χ1) is 9.23. The zero-order chi connectivity index (χ0) is 14.7. The molecule has 0 radical (unpaired) electrons. The van der Waals surface area contributed by atoms with E-state index in [4.69, 9.17) is 9.47 Å². The molecule has 4 fully saturated rings. The minimum absolute atomic E-state index is 0.0438. The third-order valence-electron chi connectivity index (χ3n) is 6.24. The van der Waals surface area contributed by atoms with Gasteiger partial charge < -0.3 is 9.47 Å². The SMILES string of the molecule is CC(=O)O[C@@H]1CC(C)[C@H]2C[C@H]3CC[C@](C)(OC3(C)C)C21. The lowest BCUT2D eigenvalue weighted by atomic mass is 9.77. The summed E-state index contributed by atoms with van der Waals surface area (Å²) >= 11 is 0. The molecule has 4 rings (SSSR count). The first kappa shape index (κ1) is 14.4. The van der Waals surface area contributed by atoms with E-state index in [0.717, 1.165) is 12.8 Å². The van der Waals surface area contributed by atoms with Crippen molar-refractivity contribution >= 4 is 5.97 Å². The summed E-state index contributed by atoms with van der Waals surface area (Å²) in [6, 6.07) is 0. The summed E-state index contributed by atoms with van der Waals surface area (Å²) in [4.78, 5) is 11.4. The van der Waals surface area contributed by atoms with Crippen LogP contribution in [0.4, 0.5) is 0 Å². The molecule has 20 heavy (non-hydrogen) atoms. The fourth-order valence-electron chi connectivity index (χ4n) is 5.39. The Hall–Kier alpha value is -0.570. The van der Waals surface area contributed by atoms with Crippen molar-refractivity contribution in [2.75, 3.05) is 0 Å². The van der Waals surface area contributed by atoms with E-state index < -0.39 is 0 Å². The Labute approximate surface area is 122 Å². The molecule has 2 saturated heterocycles. The molecule has 3 heteroatoms. The van der Waals surface area contributed by atoms with Gasteiger partial charge in [0, 0.05) is 12.8 Å². The van der Waals surface area contributed by atoms with Crippen molar-refractivity contribution in [3.8, 4) is 0 Å². The van der Waals surface area contributed by atoms with Crippen LogP contribution in [0.25, 0.3) is 0 Å². The van der Waals surface area contributed by atoms with Gasteiger partial charge in [0.05, 0.1) is 11.2 Å². The third-order valence-corrected chi connectivity index (χ3v) is 6.24. The van der Waals surface area contributed by atoms with Crippen molar-refractivity contribution in [1.82, 2.24) is 0 Å². The van der Waals surface area contributed by atoms with Crippen LogP contribution in [0.2, 0.25) is 0 Å². The largest absolute Gasteiger partial charge is 0.462 e. The highest BCUT2D eigenvalue weighted by molar-refractivity contribution is 5.66.